The minimum absolute atomic E-state index is 0.239. The summed E-state index contributed by atoms with van der Waals surface area (Å²) in [4.78, 5) is 19.2. The van der Waals surface area contributed by atoms with Crippen LogP contribution in [0.5, 0.6) is 0 Å². The predicted octanol–water partition coefficient (Wildman–Crippen LogP) is 1.60. The molecule has 0 saturated carbocycles. The van der Waals surface area contributed by atoms with Crippen molar-refractivity contribution in [1.82, 2.24) is 15.4 Å². The van der Waals surface area contributed by atoms with Gasteiger partial charge in [0.2, 0.25) is 5.91 Å². The number of nitrogens with zero attached hydrogens (tertiary/aromatic N) is 3. The van der Waals surface area contributed by atoms with Crippen LogP contribution in [0.15, 0.2) is 42.7 Å². The van der Waals surface area contributed by atoms with Crippen molar-refractivity contribution in [2.45, 2.75) is 12.8 Å². The second-order valence-electron chi connectivity index (χ2n) is 4.11. The maximum Gasteiger partial charge on any atom is 0.235 e. The number of nitriles is 1. The van der Waals surface area contributed by atoms with Crippen LogP contribution in [0.3, 0.4) is 0 Å². The number of rotatable bonds is 4. The van der Waals surface area contributed by atoms with Gasteiger partial charge in [-0.2, -0.15) is 5.26 Å². The zero-order valence-corrected chi connectivity index (χ0v) is 10.9. The van der Waals surface area contributed by atoms with E-state index in [1.807, 2.05) is 30.3 Å². The Morgan fingerprint density at radius 3 is 2.70 bits per heavy atom. The van der Waals surface area contributed by atoms with E-state index in [9.17, 15) is 10.1 Å². The predicted molar refractivity (Wildman–Crippen MR) is 73.4 cm³/mol. The van der Waals surface area contributed by atoms with Crippen LogP contribution < -0.4 is 10.9 Å². The zero-order chi connectivity index (χ0) is 14.4. The number of carbonyl (C=O) groups excluding carboxylic acids is 1. The molecule has 2 N–H and O–H groups in total. The summed E-state index contributed by atoms with van der Waals surface area (Å²) in [7, 11) is 0. The van der Waals surface area contributed by atoms with E-state index in [1.54, 1.807) is 6.20 Å². The summed E-state index contributed by atoms with van der Waals surface area (Å²) >= 11 is 0. The third kappa shape index (κ3) is 3.29. The molecule has 1 aromatic carbocycles. The van der Waals surface area contributed by atoms with E-state index in [4.69, 9.17) is 0 Å². The van der Waals surface area contributed by atoms with E-state index >= 15 is 0 Å². The van der Waals surface area contributed by atoms with Gasteiger partial charge in [0.1, 0.15) is 5.92 Å². The Bertz CT molecular complexity index is 636. The smallest absolute Gasteiger partial charge is 0.235 e. The van der Waals surface area contributed by atoms with Gasteiger partial charge in [-0.1, -0.05) is 30.3 Å². The summed E-state index contributed by atoms with van der Waals surface area (Å²) < 4.78 is 0. The molecule has 0 aliphatic heterocycles. The van der Waals surface area contributed by atoms with Gasteiger partial charge in [-0.25, -0.2) is 4.98 Å². The Labute approximate surface area is 116 Å². The van der Waals surface area contributed by atoms with Gasteiger partial charge in [0.15, 0.2) is 5.82 Å². The number of benzene rings is 1. The lowest BCUT2D eigenvalue weighted by Gasteiger charge is -2.11. The first-order valence-corrected chi connectivity index (χ1v) is 6.00. The molecule has 0 aliphatic carbocycles. The Morgan fingerprint density at radius 2 is 2.05 bits per heavy atom. The number of hydrazine groups is 1. The van der Waals surface area contributed by atoms with Crippen LogP contribution in [0.2, 0.25) is 0 Å². The molecule has 6 nitrogen and oxygen atoms in total. The molecule has 6 heteroatoms. The van der Waals surface area contributed by atoms with Crippen molar-refractivity contribution >= 4 is 11.7 Å². The first kappa shape index (κ1) is 13.5. The normalized spacial score (nSPS) is 11.2. The fourth-order valence-corrected chi connectivity index (χ4v) is 1.69. The standard InChI is InChI=1S/C14H13N5O/c1-10(20)18-19-14-9-16-8-13(17-14)12(7-15)11-5-3-2-4-6-11/h2-6,8-9,12H,1H3,(H,17,19)(H,18,20). The number of hydrogen-bond donors (Lipinski definition) is 2. The maximum absolute atomic E-state index is 10.8. The van der Waals surface area contributed by atoms with Crippen molar-refractivity contribution in [2.24, 2.45) is 0 Å². The number of amides is 1. The highest BCUT2D eigenvalue weighted by atomic mass is 16.2. The minimum atomic E-state index is -0.497. The molecule has 1 atom stereocenters. The van der Waals surface area contributed by atoms with Crippen LogP contribution in [0.1, 0.15) is 24.1 Å². The largest absolute Gasteiger partial charge is 0.281 e. The molecule has 20 heavy (non-hydrogen) atoms. The zero-order valence-electron chi connectivity index (χ0n) is 10.9. The van der Waals surface area contributed by atoms with E-state index in [0.29, 0.717) is 11.5 Å². The molecule has 0 bridgehead atoms. The summed E-state index contributed by atoms with van der Waals surface area (Å²) in [5.41, 5.74) is 6.41. The van der Waals surface area contributed by atoms with Gasteiger partial charge in [-0.15, -0.1) is 0 Å². The highest BCUT2D eigenvalue weighted by Gasteiger charge is 2.15. The molecule has 0 spiro atoms. The van der Waals surface area contributed by atoms with Gasteiger partial charge in [0.25, 0.3) is 0 Å². The molecule has 0 aliphatic rings. The molecular weight excluding hydrogens is 254 g/mol. The van der Waals surface area contributed by atoms with Gasteiger partial charge in [0, 0.05) is 6.92 Å². The Morgan fingerprint density at radius 1 is 1.30 bits per heavy atom. The van der Waals surface area contributed by atoms with Crippen molar-refractivity contribution in [3.05, 3.63) is 54.0 Å². The lowest BCUT2D eigenvalue weighted by Crippen LogP contribution is -2.27. The second kappa shape index (κ2) is 6.29. The van der Waals surface area contributed by atoms with Gasteiger partial charge < -0.3 is 0 Å². The molecule has 100 valence electrons. The van der Waals surface area contributed by atoms with E-state index in [-0.39, 0.29) is 5.91 Å². The van der Waals surface area contributed by atoms with Gasteiger partial charge >= 0.3 is 0 Å². The van der Waals surface area contributed by atoms with Crippen molar-refractivity contribution in [2.75, 3.05) is 5.43 Å². The van der Waals surface area contributed by atoms with E-state index < -0.39 is 5.92 Å². The Kier molecular flexibility index (Phi) is 4.24. The quantitative estimate of drug-likeness (QED) is 0.821. The summed E-state index contributed by atoms with van der Waals surface area (Å²) in [5.74, 6) is -0.353. The average molecular weight is 267 g/mol. The molecule has 0 saturated heterocycles. The average Bonchev–Trinajstić information content (AvgIpc) is 2.47. The number of aromatic nitrogens is 2. The summed E-state index contributed by atoms with van der Waals surface area (Å²) in [6, 6.07) is 11.6. The highest BCUT2D eigenvalue weighted by molar-refractivity contribution is 5.74. The van der Waals surface area contributed by atoms with Crippen LogP contribution in [-0.2, 0) is 4.79 Å². The van der Waals surface area contributed by atoms with Crippen LogP contribution in [-0.4, -0.2) is 15.9 Å². The molecule has 1 amide bonds. The highest BCUT2D eigenvalue weighted by Crippen LogP contribution is 2.22. The molecule has 1 unspecified atom stereocenters. The lowest BCUT2D eigenvalue weighted by molar-refractivity contribution is -0.118. The third-order valence-electron chi connectivity index (χ3n) is 2.58. The molecule has 2 aromatic rings. The first-order chi connectivity index (χ1) is 9.70. The lowest BCUT2D eigenvalue weighted by atomic mass is 9.98. The number of hydrogen-bond acceptors (Lipinski definition) is 5. The van der Waals surface area contributed by atoms with Crippen molar-refractivity contribution in [1.29, 1.82) is 5.26 Å². The fourth-order valence-electron chi connectivity index (χ4n) is 1.69. The molecule has 1 aromatic heterocycles. The van der Waals surface area contributed by atoms with Gasteiger partial charge in [-0.3, -0.25) is 20.6 Å². The third-order valence-corrected chi connectivity index (χ3v) is 2.58. The molecule has 0 radical (unpaired) electrons. The van der Waals surface area contributed by atoms with E-state index in [1.165, 1.54) is 13.1 Å². The van der Waals surface area contributed by atoms with Gasteiger partial charge in [-0.05, 0) is 5.56 Å². The van der Waals surface area contributed by atoms with E-state index in [2.05, 4.69) is 26.9 Å². The maximum atomic E-state index is 10.8. The number of nitrogens with one attached hydrogen (secondary N) is 2. The summed E-state index contributed by atoms with van der Waals surface area (Å²) in [6.07, 6.45) is 3.01. The minimum Gasteiger partial charge on any atom is -0.281 e. The molecule has 2 rings (SSSR count). The summed E-state index contributed by atoms with van der Waals surface area (Å²) in [6.45, 7) is 1.38. The first-order valence-electron chi connectivity index (χ1n) is 6.00. The van der Waals surface area contributed by atoms with Crippen LogP contribution in [0.25, 0.3) is 0 Å². The van der Waals surface area contributed by atoms with Crippen molar-refractivity contribution < 1.29 is 4.79 Å². The van der Waals surface area contributed by atoms with Crippen molar-refractivity contribution in [3.8, 4) is 6.07 Å². The molecule has 1 heterocycles. The SMILES string of the molecule is CC(=O)NNc1cncc(C(C#N)c2ccccc2)n1. The van der Waals surface area contributed by atoms with Crippen LogP contribution in [0.4, 0.5) is 5.82 Å². The molecule has 0 fully saturated rings. The van der Waals surface area contributed by atoms with Crippen molar-refractivity contribution in [3.63, 3.8) is 0 Å². The molecular formula is C14H13N5O. The second-order valence-corrected chi connectivity index (χ2v) is 4.11. The topological polar surface area (TPSA) is 90.7 Å². The van der Waals surface area contributed by atoms with E-state index in [0.717, 1.165) is 5.56 Å². The van der Waals surface area contributed by atoms with Crippen LogP contribution >= 0.6 is 0 Å². The van der Waals surface area contributed by atoms with Crippen LogP contribution in [0, 0.1) is 11.3 Å². The monoisotopic (exact) mass is 267 g/mol. The number of anilines is 1. The summed E-state index contributed by atoms with van der Waals surface area (Å²) in [5, 5.41) is 9.33. The Hall–Kier alpha value is -2.94. The van der Waals surface area contributed by atoms with Gasteiger partial charge in [0.05, 0.1) is 24.2 Å². The Balaban J connectivity index is 2.25. The fraction of sp³-hybridized carbons (Fsp3) is 0.143. The number of carbonyl (C=O) groups is 1.